The number of rotatable bonds is 7. The Morgan fingerprint density at radius 1 is 0.968 bits per heavy atom. The van der Waals surface area contributed by atoms with Crippen molar-refractivity contribution in [2.45, 2.75) is 40.2 Å². The molecule has 0 aliphatic carbocycles. The molecule has 3 aromatic rings. The van der Waals surface area contributed by atoms with E-state index in [1.807, 2.05) is 58.0 Å². The van der Waals surface area contributed by atoms with Gasteiger partial charge in [0.15, 0.2) is 16.9 Å². The van der Waals surface area contributed by atoms with E-state index in [0.717, 1.165) is 17.5 Å². The summed E-state index contributed by atoms with van der Waals surface area (Å²) in [5.41, 5.74) is 2.42. The number of fused-ring (bicyclic) bond motifs is 2. The second kappa shape index (κ2) is 8.46. The van der Waals surface area contributed by atoms with E-state index in [2.05, 4.69) is 0 Å². The molecule has 0 bridgehead atoms. The van der Waals surface area contributed by atoms with Crippen molar-refractivity contribution in [3.05, 3.63) is 69.1 Å². The molecule has 1 aliphatic heterocycles. The van der Waals surface area contributed by atoms with Crippen LogP contribution in [0.4, 0.5) is 0 Å². The van der Waals surface area contributed by atoms with Crippen LogP contribution in [0.15, 0.2) is 45.6 Å². The van der Waals surface area contributed by atoms with Gasteiger partial charge in [-0.15, -0.1) is 0 Å². The molecule has 0 radical (unpaired) electrons. The first kappa shape index (κ1) is 21.0. The van der Waals surface area contributed by atoms with Crippen LogP contribution in [0, 0.1) is 6.92 Å². The standard InChI is InChI=1S/C25H27NO5/c1-5-12-26-22(16-9-11-19(29-6-2)20(14-16)30-7-3)21-23(27)17-13-15(4)8-10-18(17)31-24(21)25(26)28/h8-11,13-14,22H,5-7,12H2,1-4H3/t22-/m1/s1. The van der Waals surface area contributed by atoms with Gasteiger partial charge in [0.05, 0.1) is 30.2 Å². The highest BCUT2D eigenvalue weighted by molar-refractivity contribution is 5.99. The molecular weight excluding hydrogens is 394 g/mol. The first-order valence-electron chi connectivity index (χ1n) is 10.8. The Morgan fingerprint density at radius 3 is 2.42 bits per heavy atom. The van der Waals surface area contributed by atoms with E-state index in [1.165, 1.54) is 0 Å². The van der Waals surface area contributed by atoms with Gasteiger partial charge in [0.1, 0.15) is 5.58 Å². The van der Waals surface area contributed by atoms with E-state index < -0.39 is 6.04 Å². The van der Waals surface area contributed by atoms with Crippen LogP contribution in [0.5, 0.6) is 11.5 Å². The lowest BCUT2D eigenvalue weighted by Gasteiger charge is -2.25. The van der Waals surface area contributed by atoms with Crippen LogP contribution in [0.1, 0.15) is 60.5 Å². The highest BCUT2D eigenvalue weighted by atomic mass is 16.5. The van der Waals surface area contributed by atoms with Gasteiger partial charge in [0.25, 0.3) is 5.91 Å². The Morgan fingerprint density at radius 2 is 1.71 bits per heavy atom. The summed E-state index contributed by atoms with van der Waals surface area (Å²) in [6, 6.07) is 10.5. The summed E-state index contributed by atoms with van der Waals surface area (Å²) in [5.74, 6) is 1.11. The maximum atomic E-state index is 13.5. The summed E-state index contributed by atoms with van der Waals surface area (Å²) in [7, 11) is 0. The third kappa shape index (κ3) is 3.56. The summed E-state index contributed by atoms with van der Waals surface area (Å²) in [6.07, 6.45) is 0.762. The van der Waals surface area contributed by atoms with E-state index in [1.54, 1.807) is 11.0 Å². The van der Waals surface area contributed by atoms with Crippen molar-refractivity contribution >= 4 is 16.9 Å². The molecule has 6 nitrogen and oxygen atoms in total. The number of hydrogen-bond acceptors (Lipinski definition) is 5. The Bertz CT molecular complexity index is 1200. The first-order chi connectivity index (χ1) is 15.0. The summed E-state index contributed by atoms with van der Waals surface area (Å²) in [4.78, 5) is 28.5. The topological polar surface area (TPSA) is 69.0 Å². The van der Waals surface area contributed by atoms with Crippen LogP contribution in [0.25, 0.3) is 11.0 Å². The van der Waals surface area contributed by atoms with Crippen LogP contribution in [0.3, 0.4) is 0 Å². The lowest BCUT2D eigenvalue weighted by Crippen LogP contribution is -2.30. The highest BCUT2D eigenvalue weighted by Gasteiger charge is 2.42. The van der Waals surface area contributed by atoms with Gasteiger partial charge < -0.3 is 18.8 Å². The molecule has 0 N–H and O–H groups in total. The van der Waals surface area contributed by atoms with Crippen LogP contribution in [-0.2, 0) is 0 Å². The number of hydrogen-bond donors (Lipinski definition) is 0. The predicted octanol–water partition coefficient (Wildman–Crippen LogP) is 4.85. The minimum Gasteiger partial charge on any atom is -0.490 e. The molecule has 1 aromatic heterocycles. The number of amides is 1. The summed E-state index contributed by atoms with van der Waals surface area (Å²) in [6.45, 7) is 9.26. The molecule has 6 heteroatoms. The van der Waals surface area contributed by atoms with Gasteiger partial charge in [-0.25, -0.2) is 0 Å². The lowest BCUT2D eigenvalue weighted by molar-refractivity contribution is 0.0728. The maximum absolute atomic E-state index is 13.5. The van der Waals surface area contributed by atoms with Gasteiger partial charge in [0, 0.05) is 6.54 Å². The third-order valence-electron chi connectivity index (χ3n) is 5.47. The van der Waals surface area contributed by atoms with Crippen LogP contribution >= 0.6 is 0 Å². The maximum Gasteiger partial charge on any atom is 0.290 e. The van der Waals surface area contributed by atoms with Crippen molar-refractivity contribution in [2.75, 3.05) is 19.8 Å². The molecule has 4 rings (SSSR count). The minimum absolute atomic E-state index is 0.131. The molecule has 0 saturated carbocycles. The summed E-state index contributed by atoms with van der Waals surface area (Å²) >= 11 is 0. The highest BCUT2D eigenvalue weighted by Crippen LogP contribution is 2.41. The molecule has 1 atom stereocenters. The van der Waals surface area contributed by atoms with E-state index >= 15 is 0 Å². The van der Waals surface area contributed by atoms with Crippen molar-refractivity contribution in [2.24, 2.45) is 0 Å². The molecule has 0 saturated heterocycles. The number of carbonyl (C=O) groups is 1. The molecule has 2 heterocycles. The number of benzene rings is 2. The van der Waals surface area contributed by atoms with E-state index in [9.17, 15) is 9.59 Å². The van der Waals surface area contributed by atoms with Gasteiger partial charge in [-0.2, -0.15) is 0 Å². The Balaban J connectivity index is 1.94. The average molecular weight is 421 g/mol. The molecule has 0 unspecified atom stereocenters. The molecular formula is C25H27NO5. The van der Waals surface area contributed by atoms with Crippen molar-refractivity contribution in [3.63, 3.8) is 0 Å². The fourth-order valence-electron chi connectivity index (χ4n) is 4.19. The normalized spacial score (nSPS) is 15.4. The second-order valence-corrected chi connectivity index (χ2v) is 7.65. The van der Waals surface area contributed by atoms with E-state index in [4.69, 9.17) is 13.9 Å². The monoisotopic (exact) mass is 421 g/mol. The first-order valence-corrected chi connectivity index (χ1v) is 10.8. The lowest BCUT2D eigenvalue weighted by atomic mass is 9.97. The number of nitrogens with zero attached hydrogens (tertiary/aromatic N) is 1. The molecule has 0 fully saturated rings. The fourth-order valence-corrected chi connectivity index (χ4v) is 4.19. The molecule has 0 spiro atoms. The largest absolute Gasteiger partial charge is 0.490 e. The van der Waals surface area contributed by atoms with Crippen molar-refractivity contribution < 1.29 is 18.7 Å². The number of carbonyl (C=O) groups excluding carboxylic acids is 1. The zero-order valence-corrected chi connectivity index (χ0v) is 18.4. The zero-order valence-electron chi connectivity index (χ0n) is 18.4. The van der Waals surface area contributed by atoms with E-state index in [-0.39, 0.29) is 17.1 Å². The van der Waals surface area contributed by atoms with Crippen LogP contribution < -0.4 is 14.9 Å². The SMILES string of the molecule is CCCN1C(=O)c2oc3ccc(C)cc3c(=O)c2[C@H]1c1ccc(OCC)c(OCC)c1. The zero-order chi connectivity index (χ0) is 22.1. The molecule has 31 heavy (non-hydrogen) atoms. The minimum atomic E-state index is -0.529. The molecule has 162 valence electrons. The second-order valence-electron chi connectivity index (χ2n) is 7.65. The van der Waals surface area contributed by atoms with Gasteiger partial charge in [-0.05, 0) is 57.0 Å². The fraction of sp³-hybridized carbons (Fsp3) is 0.360. The van der Waals surface area contributed by atoms with Gasteiger partial charge >= 0.3 is 0 Å². The average Bonchev–Trinajstić information content (AvgIpc) is 3.03. The van der Waals surface area contributed by atoms with Gasteiger partial charge in [-0.3, -0.25) is 9.59 Å². The predicted molar refractivity (Wildman–Crippen MR) is 119 cm³/mol. The summed E-state index contributed by atoms with van der Waals surface area (Å²) in [5, 5.41) is 0.492. The quantitative estimate of drug-likeness (QED) is 0.545. The van der Waals surface area contributed by atoms with Crippen molar-refractivity contribution in [3.8, 4) is 11.5 Å². The third-order valence-corrected chi connectivity index (χ3v) is 5.47. The van der Waals surface area contributed by atoms with Crippen LogP contribution in [-0.4, -0.2) is 30.6 Å². The Hall–Kier alpha value is -3.28. The summed E-state index contributed by atoms with van der Waals surface area (Å²) < 4.78 is 17.4. The Labute approximate surface area is 181 Å². The Kier molecular flexibility index (Phi) is 5.72. The van der Waals surface area contributed by atoms with Gasteiger partial charge in [0.2, 0.25) is 5.76 Å². The van der Waals surface area contributed by atoms with Gasteiger partial charge in [-0.1, -0.05) is 24.6 Å². The van der Waals surface area contributed by atoms with E-state index in [0.29, 0.717) is 47.8 Å². The van der Waals surface area contributed by atoms with Crippen molar-refractivity contribution in [1.29, 1.82) is 0 Å². The number of ether oxygens (including phenoxy) is 2. The molecule has 1 amide bonds. The number of aryl methyl sites for hydroxylation is 1. The van der Waals surface area contributed by atoms with Crippen molar-refractivity contribution in [1.82, 2.24) is 4.90 Å². The molecule has 2 aromatic carbocycles. The smallest absolute Gasteiger partial charge is 0.290 e. The van der Waals surface area contributed by atoms with Crippen LogP contribution in [0.2, 0.25) is 0 Å². The molecule has 1 aliphatic rings.